The van der Waals surface area contributed by atoms with Gasteiger partial charge in [-0.1, -0.05) is 30.3 Å². The van der Waals surface area contributed by atoms with Crippen molar-refractivity contribution in [2.24, 2.45) is 5.73 Å². The zero-order valence-corrected chi connectivity index (χ0v) is 14.0. The monoisotopic (exact) mass is 341 g/mol. The Morgan fingerprint density at radius 2 is 1.96 bits per heavy atom. The first-order valence-corrected chi connectivity index (χ1v) is 8.52. The maximum Gasteiger partial charge on any atom is 0.249 e. The first-order chi connectivity index (χ1) is 12.3. The fourth-order valence-corrected chi connectivity index (χ4v) is 2.75. The molecule has 1 saturated heterocycles. The van der Waals surface area contributed by atoms with Crippen molar-refractivity contribution in [3.05, 3.63) is 42.5 Å². The molecular weight excluding hydrogens is 318 g/mol. The predicted octanol–water partition coefficient (Wildman–Crippen LogP) is 1.18. The Hall–Kier alpha value is -2.51. The standard InChI is InChI=1S/C18H23N5O2/c19-12-14-6-8-16(25-14)18(24)21-11-10-20-17-9-7-15(22-23-17)13-4-2-1-3-5-13/h1-5,7,9,14,16H,6,8,10-12,19H2,(H,20,23)(H,21,24)/t14-,16+/m1/s1. The Balaban J connectivity index is 1.40. The number of nitrogens with one attached hydrogen (secondary N) is 2. The Morgan fingerprint density at radius 1 is 1.12 bits per heavy atom. The number of benzene rings is 1. The lowest BCUT2D eigenvalue weighted by atomic mass is 10.1. The number of hydrogen-bond donors (Lipinski definition) is 3. The summed E-state index contributed by atoms with van der Waals surface area (Å²) in [6, 6.07) is 13.7. The van der Waals surface area contributed by atoms with Crippen LogP contribution in [0, 0.1) is 0 Å². The number of carbonyl (C=O) groups is 1. The third-order valence-corrected chi connectivity index (χ3v) is 4.13. The van der Waals surface area contributed by atoms with Gasteiger partial charge in [-0.15, -0.1) is 10.2 Å². The molecule has 0 aliphatic carbocycles. The highest BCUT2D eigenvalue weighted by molar-refractivity contribution is 5.81. The molecule has 1 aromatic carbocycles. The van der Waals surface area contributed by atoms with Gasteiger partial charge in [-0.05, 0) is 25.0 Å². The van der Waals surface area contributed by atoms with Crippen molar-refractivity contribution in [1.29, 1.82) is 0 Å². The molecule has 2 atom stereocenters. The molecule has 0 radical (unpaired) electrons. The van der Waals surface area contributed by atoms with Gasteiger partial charge in [-0.3, -0.25) is 4.79 Å². The fraction of sp³-hybridized carbons (Fsp3) is 0.389. The van der Waals surface area contributed by atoms with Crippen molar-refractivity contribution < 1.29 is 9.53 Å². The molecule has 2 heterocycles. The average molecular weight is 341 g/mol. The van der Waals surface area contributed by atoms with Crippen molar-refractivity contribution >= 4 is 11.7 Å². The quantitative estimate of drug-likeness (QED) is 0.654. The smallest absolute Gasteiger partial charge is 0.249 e. The van der Waals surface area contributed by atoms with Gasteiger partial charge in [0.05, 0.1) is 11.8 Å². The minimum atomic E-state index is -0.376. The van der Waals surface area contributed by atoms with Gasteiger partial charge in [0, 0.05) is 25.2 Å². The molecule has 7 heteroatoms. The van der Waals surface area contributed by atoms with E-state index in [-0.39, 0.29) is 18.1 Å². The Bertz CT molecular complexity index is 678. The van der Waals surface area contributed by atoms with Crippen molar-refractivity contribution in [3.8, 4) is 11.3 Å². The van der Waals surface area contributed by atoms with Gasteiger partial charge in [0.25, 0.3) is 0 Å². The summed E-state index contributed by atoms with van der Waals surface area (Å²) < 4.78 is 5.56. The van der Waals surface area contributed by atoms with Gasteiger partial charge in [0.2, 0.25) is 5.91 Å². The van der Waals surface area contributed by atoms with E-state index in [2.05, 4.69) is 20.8 Å². The van der Waals surface area contributed by atoms with E-state index in [1.54, 1.807) is 0 Å². The molecule has 0 bridgehead atoms. The summed E-state index contributed by atoms with van der Waals surface area (Å²) in [5.41, 5.74) is 7.41. The highest BCUT2D eigenvalue weighted by Crippen LogP contribution is 2.19. The van der Waals surface area contributed by atoms with Crippen LogP contribution in [0.5, 0.6) is 0 Å². The minimum Gasteiger partial charge on any atom is -0.367 e. The van der Waals surface area contributed by atoms with Crippen LogP contribution in [-0.2, 0) is 9.53 Å². The Labute approximate surface area is 147 Å². The molecule has 3 rings (SSSR count). The van der Waals surface area contributed by atoms with Crippen LogP contribution in [-0.4, -0.2) is 47.9 Å². The van der Waals surface area contributed by atoms with Crippen LogP contribution in [0.1, 0.15) is 12.8 Å². The molecular formula is C18H23N5O2. The maximum atomic E-state index is 12.0. The first kappa shape index (κ1) is 17.3. The molecule has 0 saturated carbocycles. The average Bonchev–Trinajstić information content (AvgIpc) is 3.16. The van der Waals surface area contributed by atoms with Gasteiger partial charge in [-0.2, -0.15) is 0 Å². The van der Waals surface area contributed by atoms with Crippen LogP contribution >= 0.6 is 0 Å². The molecule has 25 heavy (non-hydrogen) atoms. The molecule has 1 aromatic heterocycles. The van der Waals surface area contributed by atoms with E-state index in [1.807, 2.05) is 42.5 Å². The Kier molecular flexibility index (Phi) is 5.92. The number of carbonyl (C=O) groups excluding carboxylic acids is 1. The highest BCUT2D eigenvalue weighted by Gasteiger charge is 2.29. The summed E-state index contributed by atoms with van der Waals surface area (Å²) in [7, 11) is 0. The molecule has 132 valence electrons. The van der Waals surface area contributed by atoms with Crippen LogP contribution in [0.25, 0.3) is 11.3 Å². The van der Waals surface area contributed by atoms with E-state index in [4.69, 9.17) is 10.5 Å². The van der Waals surface area contributed by atoms with Crippen molar-refractivity contribution in [1.82, 2.24) is 15.5 Å². The summed E-state index contributed by atoms with van der Waals surface area (Å²) in [5.74, 6) is 0.595. The zero-order chi connectivity index (χ0) is 17.5. The number of rotatable bonds is 7. The van der Waals surface area contributed by atoms with E-state index >= 15 is 0 Å². The molecule has 1 aliphatic rings. The number of nitrogens with two attached hydrogens (primary N) is 1. The van der Waals surface area contributed by atoms with Gasteiger partial charge in [0.15, 0.2) is 0 Å². The topological polar surface area (TPSA) is 102 Å². The summed E-state index contributed by atoms with van der Waals surface area (Å²) in [4.78, 5) is 12.0. The number of ether oxygens (including phenoxy) is 1. The van der Waals surface area contributed by atoms with Crippen molar-refractivity contribution in [2.45, 2.75) is 25.0 Å². The fourth-order valence-electron chi connectivity index (χ4n) is 2.75. The lowest BCUT2D eigenvalue weighted by Crippen LogP contribution is -2.37. The van der Waals surface area contributed by atoms with Gasteiger partial charge in [-0.25, -0.2) is 0 Å². The second-order valence-corrected chi connectivity index (χ2v) is 5.95. The third kappa shape index (κ3) is 4.74. The van der Waals surface area contributed by atoms with E-state index in [9.17, 15) is 4.79 Å². The number of hydrogen-bond acceptors (Lipinski definition) is 6. The molecule has 2 aromatic rings. The molecule has 0 unspecified atom stereocenters. The van der Waals surface area contributed by atoms with Gasteiger partial charge >= 0.3 is 0 Å². The van der Waals surface area contributed by atoms with Crippen LogP contribution in [0.3, 0.4) is 0 Å². The Morgan fingerprint density at radius 3 is 2.64 bits per heavy atom. The predicted molar refractivity (Wildman–Crippen MR) is 95.9 cm³/mol. The molecule has 7 nitrogen and oxygen atoms in total. The van der Waals surface area contributed by atoms with E-state index in [1.165, 1.54) is 0 Å². The number of anilines is 1. The molecule has 0 spiro atoms. The number of amides is 1. The van der Waals surface area contributed by atoms with E-state index < -0.39 is 0 Å². The van der Waals surface area contributed by atoms with E-state index in [0.717, 1.165) is 24.1 Å². The summed E-state index contributed by atoms with van der Waals surface area (Å²) in [5, 5.41) is 14.4. The highest BCUT2D eigenvalue weighted by atomic mass is 16.5. The van der Waals surface area contributed by atoms with Crippen molar-refractivity contribution in [3.63, 3.8) is 0 Å². The second kappa shape index (κ2) is 8.55. The first-order valence-electron chi connectivity index (χ1n) is 8.52. The molecule has 1 fully saturated rings. The minimum absolute atomic E-state index is 0.00674. The lowest BCUT2D eigenvalue weighted by molar-refractivity contribution is -0.131. The van der Waals surface area contributed by atoms with Crippen LogP contribution in [0.2, 0.25) is 0 Å². The maximum absolute atomic E-state index is 12.0. The second-order valence-electron chi connectivity index (χ2n) is 5.95. The van der Waals surface area contributed by atoms with Gasteiger partial charge < -0.3 is 21.1 Å². The van der Waals surface area contributed by atoms with Crippen LogP contribution in [0.15, 0.2) is 42.5 Å². The van der Waals surface area contributed by atoms with Crippen LogP contribution in [0.4, 0.5) is 5.82 Å². The molecule has 1 amide bonds. The normalized spacial score (nSPS) is 19.6. The summed E-state index contributed by atoms with van der Waals surface area (Å²) in [6.45, 7) is 1.52. The van der Waals surface area contributed by atoms with Crippen molar-refractivity contribution in [2.75, 3.05) is 25.0 Å². The summed E-state index contributed by atoms with van der Waals surface area (Å²) >= 11 is 0. The van der Waals surface area contributed by atoms with Gasteiger partial charge in [0.1, 0.15) is 11.9 Å². The lowest BCUT2D eigenvalue weighted by Gasteiger charge is -2.13. The largest absolute Gasteiger partial charge is 0.367 e. The SMILES string of the molecule is NC[C@H]1CC[C@@H](C(=O)NCCNc2ccc(-c3ccccc3)nn2)O1. The number of aromatic nitrogens is 2. The number of nitrogens with zero attached hydrogens (tertiary/aromatic N) is 2. The third-order valence-electron chi connectivity index (χ3n) is 4.13. The summed E-state index contributed by atoms with van der Waals surface area (Å²) in [6.07, 6.45) is 1.20. The van der Waals surface area contributed by atoms with E-state index in [0.29, 0.717) is 25.5 Å². The molecule has 4 N–H and O–H groups in total. The zero-order valence-electron chi connectivity index (χ0n) is 14.0. The van der Waals surface area contributed by atoms with Crippen LogP contribution < -0.4 is 16.4 Å². The molecule has 1 aliphatic heterocycles.